The smallest absolute Gasteiger partial charge is 0.406 e. The van der Waals surface area contributed by atoms with E-state index in [1.54, 1.807) is 11.1 Å². The summed E-state index contributed by atoms with van der Waals surface area (Å²) in [6.07, 6.45) is -6.47. The molecule has 6 rings (SSSR count). The molecule has 0 unspecified atom stereocenters. The Morgan fingerprint density at radius 3 is 2.27 bits per heavy atom. The number of thiazole rings is 1. The number of rotatable bonds is 9. The highest BCUT2D eigenvalue weighted by Gasteiger charge is 2.42. The van der Waals surface area contributed by atoms with Crippen molar-refractivity contribution in [2.45, 2.75) is 49.0 Å². The highest BCUT2D eigenvalue weighted by atomic mass is 32.2. The molecule has 1 N–H and O–H groups in total. The summed E-state index contributed by atoms with van der Waals surface area (Å²) >= 11 is 1.22. The first-order chi connectivity index (χ1) is 22.6. The fourth-order valence-electron chi connectivity index (χ4n) is 4.98. The van der Waals surface area contributed by atoms with Gasteiger partial charge in [0.05, 0.1) is 10.9 Å². The molecule has 2 aliphatic rings. The van der Waals surface area contributed by atoms with E-state index in [-0.39, 0.29) is 38.2 Å². The summed E-state index contributed by atoms with van der Waals surface area (Å²) in [6, 6.07) is 4.63. The summed E-state index contributed by atoms with van der Waals surface area (Å²) < 4.78 is 127. The number of alkyl halides is 6. The molecular formula is C28H23F7N6O5S2. The molecule has 3 heterocycles. The van der Waals surface area contributed by atoms with Gasteiger partial charge >= 0.3 is 12.7 Å². The van der Waals surface area contributed by atoms with Gasteiger partial charge in [0.2, 0.25) is 15.9 Å². The second-order valence-corrected chi connectivity index (χ2v) is 13.7. The van der Waals surface area contributed by atoms with Crippen LogP contribution in [0, 0.1) is 5.82 Å². The van der Waals surface area contributed by atoms with Crippen molar-refractivity contribution in [3.63, 3.8) is 0 Å². The molecule has 1 saturated carbocycles. The standard InChI is InChI=1S/C28H23F7N6O5S2/c29-19-11-18(46-28(33,34)35)7-8-22(19)48(43,44)41-10-9-40(26-39-24-21(47-26)13-36-23(38-24)16-3-4-16)14-20(41)25(42)37-12-15-1-5-17(6-2-15)45-27(30,31)32/h1-2,5-8,11,13,16,20H,3-4,9-10,12,14H2,(H,37,42)/t20-/m1/s1. The second kappa shape index (κ2) is 12.6. The van der Waals surface area contributed by atoms with Gasteiger partial charge in [0.15, 0.2) is 10.8 Å². The number of hydrogen-bond donors (Lipinski definition) is 1. The largest absolute Gasteiger partial charge is 0.573 e. The monoisotopic (exact) mass is 720 g/mol. The van der Waals surface area contributed by atoms with E-state index >= 15 is 0 Å². The molecule has 2 fully saturated rings. The number of amides is 1. The fourth-order valence-corrected chi connectivity index (χ4v) is 7.51. The van der Waals surface area contributed by atoms with Crippen LogP contribution in [-0.2, 0) is 21.4 Å². The lowest BCUT2D eigenvalue weighted by atomic mass is 10.1. The zero-order chi connectivity index (χ0) is 34.4. The van der Waals surface area contributed by atoms with Gasteiger partial charge in [-0.15, -0.1) is 26.3 Å². The van der Waals surface area contributed by atoms with Crippen molar-refractivity contribution in [1.82, 2.24) is 24.6 Å². The Bertz CT molecular complexity index is 1940. The van der Waals surface area contributed by atoms with E-state index in [1.807, 2.05) is 0 Å². The maximum absolute atomic E-state index is 15.0. The van der Waals surface area contributed by atoms with Crippen LogP contribution >= 0.6 is 11.3 Å². The van der Waals surface area contributed by atoms with Crippen LogP contribution in [0.3, 0.4) is 0 Å². The van der Waals surface area contributed by atoms with Crippen LogP contribution in [0.5, 0.6) is 11.5 Å². The van der Waals surface area contributed by atoms with E-state index in [1.165, 1.54) is 23.5 Å². The number of sulfonamides is 1. The third kappa shape index (κ3) is 7.70. The van der Waals surface area contributed by atoms with Crippen LogP contribution in [0.25, 0.3) is 10.3 Å². The van der Waals surface area contributed by atoms with E-state index in [0.29, 0.717) is 39.0 Å². The predicted molar refractivity (Wildman–Crippen MR) is 155 cm³/mol. The van der Waals surface area contributed by atoms with Crippen molar-refractivity contribution < 1.29 is 53.4 Å². The number of ether oxygens (including phenoxy) is 2. The molecule has 0 bridgehead atoms. The van der Waals surface area contributed by atoms with Crippen molar-refractivity contribution in [2.75, 3.05) is 24.5 Å². The van der Waals surface area contributed by atoms with Crippen molar-refractivity contribution in [3.8, 4) is 11.5 Å². The lowest BCUT2D eigenvalue weighted by Crippen LogP contribution is -2.60. The van der Waals surface area contributed by atoms with Crippen molar-refractivity contribution in [1.29, 1.82) is 0 Å². The summed E-state index contributed by atoms with van der Waals surface area (Å²) in [4.78, 5) is 27.7. The topological polar surface area (TPSA) is 127 Å². The first-order valence-electron chi connectivity index (χ1n) is 14.1. The van der Waals surface area contributed by atoms with Crippen molar-refractivity contribution >= 4 is 42.7 Å². The Morgan fingerprint density at radius 2 is 1.62 bits per heavy atom. The van der Waals surface area contributed by atoms with Crippen LogP contribution in [0.4, 0.5) is 35.9 Å². The number of benzene rings is 2. The number of piperazine rings is 1. The van der Waals surface area contributed by atoms with Crippen LogP contribution in [-0.4, -0.2) is 72.0 Å². The molecule has 4 aromatic rings. The minimum atomic E-state index is -5.15. The van der Waals surface area contributed by atoms with Gasteiger partial charge in [-0.1, -0.05) is 23.5 Å². The number of carbonyl (C=O) groups is 1. The van der Waals surface area contributed by atoms with E-state index < -0.39 is 56.9 Å². The van der Waals surface area contributed by atoms with Crippen LogP contribution < -0.4 is 19.7 Å². The van der Waals surface area contributed by atoms with E-state index in [2.05, 4.69) is 29.7 Å². The maximum atomic E-state index is 15.0. The molecule has 2 aromatic heterocycles. The average Bonchev–Trinajstić information content (AvgIpc) is 3.77. The lowest BCUT2D eigenvalue weighted by Gasteiger charge is -2.39. The highest BCUT2D eigenvalue weighted by molar-refractivity contribution is 7.89. The number of nitrogens with zero attached hydrogens (tertiary/aromatic N) is 5. The van der Waals surface area contributed by atoms with Gasteiger partial charge in [-0.05, 0) is 42.7 Å². The molecule has 20 heteroatoms. The summed E-state index contributed by atoms with van der Waals surface area (Å²) in [7, 11) is -4.82. The predicted octanol–water partition coefficient (Wildman–Crippen LogP) is 5.10. The van der Waals surface area contributed by atoms with Gasteiger partial charge in [0, 0.05) is 38.2 Å². The zero-order valence-electron chi connectivity index (χ0n) is 24.3. The fraction of sp³-hybridized carbons (Fsp3) is 0.357. The summed E-state index contributed by atoms with van der Waals surface area (Å²) in [5, 5.41) is 2.97. The van der Waals surface area contributed by atoms with Gasteiger partial charge in [-0.2, -0.15) is 9.29 Å². The molecule has 1 aliphatic heterocycles. The van der Waals surface area contributed by atoms with Gasteiger partial charge in [-0.3, -0.25) is 4.79 Å². The number of hydrogen-bond acceptors (Lipinski definition) is 10. The van der Waals surface area contributed by atoms with Gasteiger partial charge in [0.1, 0.15) is 34.1 Å². The highest BCUT2D eigenvalue weighted by Crippen LogP contribution is 2.39. The maximum Gasteiger partial charge on any atom is 0.573 e. The molecule has 48 heavy (non-hydrogen) atoms. The zero-order valence-corrected chi connectivity index (χ0v) is 25.9. The number of fused-ring (bicyclic) bond motifs is 1. The summed E-state index contributed by atoms with van der Waals surface area (Å²) in [5.41, 5.74) is 0.784. The average molecular weight is 721 g/mol. The molecule has 256 valence electrons. The third-order valence-electron chi connectivity index (χ3n) is 7.35. The number of nitrogens with one attached hydrogen (secondary N) is 1. The van der Waals surface area contributed by atoms with Crippen molar-refractivity contribution in [2.24, 2.45) is 0 Å². The minimum absolute atomic E-state index is 0.00327. The normalized spacial score (nSPS) is 17.8. The van der Waals surface area contributed by atoms with Gasteiger partial charge in [0.25, 0.3) is 0 Å². The van der Waals surface area contributed by atoms with Crippen LogP contribution in [0.15, 0.2) is 53.6 Å². The third-order valence-corrected chi connectivity index (χ3v) is 10.3. The second-order valence-electron chi connectivity index (χ2n) is 10.8. The Balaban J connectivity index is 1.25. The molecule has 11 nitrogen and oxygen atoms in total. The number of carbonyl (C=O) groups excluding carboxylic acids is 1. The molecule has 1 aliphatic carbocycles. The summed E-state index contributed by atoms with van der Waals surface area (Å²) in [5.74, 6) is -2.91. The molecule has 0 radical (unpaired) electrons. The minimum Gasteiger partial charge on any atom is -0.406 e. The molecule has 2 aromatic carbocycles. The molecular weight excluding hydrogens is 697 g/mol. The number of anilines is 1. The Labute approximate surface area is 271 Å². The number of halogens is 7. The van der Waals surface area contributed by atoms with Gasteiger partial charge < -0.3 is 19.7 Å². The van der Waals surface area contributed by atoms with E-state index in [4.69, 9.17) is 0 Å². The molecule has 1 atom stereocenters. The Hall–Kier alpha value is -4.30. The molecule has 1 saturated heterocycles. The number of aromatic nitrogens is 3. The quantitative estimate of drug-likeness (QED) is 0.235. The Morgan fingerprint density at radius 1 is 0.958 bits per heavy atom. The first-order valence-corrected chi connectivity index (χ1v) is 16.4. The first kappa shape index (κ1) is 33.6. The Kier molecular flexibility index (Phi) is 8.83. The van der Waals surface area contributed by atoms with Crippen molar-refractivity contribution in [3.05, 3.63) is 65.9 Å². The van der Waals surface area contributed by atoms with E-state index in [0.717, 1.165) is 29.3 Å². The molecule has 1 amide bonds. The summed E-state index contributed by atoms with van der Waals surface area (Å²) in [6.45, 7) is -0.834. The van der Waals surface area contributed by atoms with Crippen LogP contribution in [0.1, 0.15) is 30.1 Å². The SMILES string of the molecule is O=C(NCc1ccc(OC(F)(F)F)cc1)[C@H]1CN(c2nc3nc(C4CC4)ncc3s2)CCN1S(=O)(=O)c1ccc(OC(F)(F)F)cc1F. The lowest BCUT2D eigenvalue weighted by molar-refractivity contribution is -0.275. The molecule has 0 spiro atoms. The van der Waals surface area contributed by atoms with Gasteiger partial charge in [-0.25, -0.2) is 22.8 Å². The van der Waals surface area contributed by atoms with Crippen LogP contribution in [0.2, 0.25) is 0 Å². The van der Waals surface area contributed by atoms with E-state index in [9.17, 15) is 43.9 Å².